The largest absolute Gasteiger partial charge is 0.497 e. The van der Waals surface area contributed by atoms with Crippen molar-refractivity contribution in [2.45, 2.75) is 25.4 Å². The number of carbonyl (C=O) groups excluding carboxylic acids is 1. The smallest absolute Gasteiger partial charge is 0.286 e. The van der Waals surface area contributed by atoms with Crippen LogP contribution < -0.4 is 14.8 Å². The fourth-order valence-corrected chi connectivity index (χ4v) is 4.52. The molecule has 0 spiro atoms. The molecule has 1 fully saturated rings. The highest BCUT2D eigenvalue weighted by molar-refractivity contribution is 7.13. The van der Waals surface area contributed by atoms with Crippen molar-refractivity contribution in [2.24, 2.45) is 0 Å². The molecule has 31 heavy (non-hydrogen) atoms. The minimum Gasteiger partial charge on any atom is -0.497 e. The molecule has 0 radical (unpaired) electrons. The van der Waals surface area contributed by atoms with Crippen LogP contribution in [-0.2, 0) is 6.54 Å². The average Bonchev–Trinajstić information content (AvgIpc) is 3.45. The van der Waals surface area contributed by atoms with E-state index in [1.807, 2.05) is 18.2 Å². The fourth-order valence-electron chi connectivity index (χ4n) is 3.76. The molecule has 1 aliphatic heterocycles. The highest BCUT2D eigenvalue weighted by atomic mass is 32.1. The second-order valence-corrected chi connectivity index (χ2v) is 8.26. The van der Waals surface area contributed by atoms with Crippen molar-refractivity contribution >= 4 is 22.9 Å². The first-order valence-electron chi connectivity index (χ1n) is 9.92. The van der Waals surface area contributed by atoms with Crippen LogP contribution in [0.15, 0.2) is 42.5 Å². The third-order valence-corrected chi connectivity index (χ3v) is 6.17. The van der Waals surface area contributed by atoms with Gasteiger partial charge in [0.25, 0.3) is 5.91 Å². The second kappa shape index (κ2) is 9.40. The summed E-state index contributed by atoms with van der Waals surface area (Å²) in [5, 5.41) is 12.0. The molecule has 9 heteroatoms. The van der Waals surface area contributed by atoms with Gasteiger partial charge in [-0.25, -0.2) is 4.39 Å². The van der Waals surface area contributed by atoms with E-state index in [2.05, 4.69) is 20.4 Å². The number of hydrogen-bond acceptors (Lipinski definition) is 7. The summed E-state index contributed by atoms with van der Waals surface area (Å²) in [5.41, 5.74) is 1.62. The van der Waals surface area contributed by atoms with E-state index < -0.39 is 0 Å². The molecular formula is C22H23FN4O3S. The number of aromatic nitrogens is 2. The number of benzene rings is 2. The number of nitrogens with zero attached hydrogens (tertiary/aromatic N) is 3. The molecule has 1 amide bonds. The summed E-state index contributed by atoms with van der Waals surface area (Å²) in [7, 11) is 3.30. The molecule has 4 rings (SSSR count). The molecule has 2 aromatic carbocycles. The molecule has 3 aromatic rings. The SMILES string of the molecule is COc1ccc([C@@H]2CCCN2Cc2nnc(C(=O)Nc3ccc(F)cc3)s2)c(OC)c1. The standard InChI is InChI=1S/C22H23FN4O3S/c1-29-16-9-10-17(19(12-16)30-2)18-4-3-11-27(18)13-20-25-26-22(31-20)21(28)24-15-7-5-14(23)6-8-15/h5-10,12,18H,3-4,11,13H2,1-2H3,(H,24,28)/t18-/m0/s1. The zero-order valence-electron chi connectivity index (χ0n) is 17.3. The molecule has 0 saturated carbocycles. The minimum atomic E-state index is -0.357. The predicted molar refractivity (Wildman–Crippen MR) is 116 cm³/mol. The average molecular weight is 443 g/mol. The number of anilines is 1. The maximum Gasteiger partial charge on any atom is 0.286 e. The Hall–Kier alpha value is -3.04. The number of hydrogen-bond donors (Lipinski definition) is 1. The van der Waals surface area contributed by atoms with Crippen LogP contribution in [0.2, 0.25) is 0 Å². The van der Waals surface area contributed by atoms with E-state index in [4.69, 9.17) is 9.47 Å². The van der Waals surface area contributed by atoms with Crippen molar-refractivity contribution in [1.82, 2.24) is 15.1 Å². The number of nitrogens with one attached hydrogen (secondary N) is 1. The molecule has 1 aromatic heterocycles. The van der Waals surface area contributed by atoms with Gasteiger partial charge in [0.05, 0.1) is 20.8 Å². The Bertz CT molecular complexity index is 1060. The zero-order chi connectivity index (χ0) is 21.8. The highest BCUT2D eigenvalue weighted by Gasteiger charge is 2.29. The molecule has 0 aliphatic carbocycles. The van der Waals surface area contributed by atoms with Crippen LogP contribution in [0.1, 0.15) is 39.3 Å². The van der Waals surface area contributed by atoms with E-state index in [1.54, 1.807) is 14.2 Å². The molecule has 1 atom stereocenters. The van der Waals surface area contributed by atoms with E-state index in [9.17, 15) is 9.18 Å². The molecule has 0 bridgehead atoms. The minimum absolute atomic E-state index is 0.196. The lowest BCUT2D eigenvalue weighted by molar-refractivity contribution is 0.102. The lowest BCUT2D eigenvalue weighted by Crippen LogP contribution is -2.23. The number of ether oxygens (including phenoxy) is 2. The lowest BCUT2D eigenvalue weighted by Gasteiger charge is -2.25. The van der Waals surface area contributed by atoms with E-state index in [0.717, 1.165) is 41.5 Å². The van der Waals surface area contributed by atoms with Crippen LogP contribution in [0.4, 0.5) is 10.1 Å². The normalized spacial score (nSPS) is 16.3. The zero-order valence-corrected chi connectivity index (χ0v) is 18.1. The molecule has 2 heterocycles. The number of amides is 1. The Balaban J connectivity index is 1.45. The van der Waals surface area contributed by atoms with Crippen molar-refractivity contribution in [2.75, 3.05) is 26.1 Å². The van der Waals surface area contributed by atoms with E-state index >= 15 is 0 Å². The monoisotopic (exact) mass is 442 g/mol. The van der Waals surface area contributed by atoms with Gasteiger partial charge in [-0.2, -0.15) is 0 Å². The van der Waals surface area contributed by atoms with Crippen molar-refractivity contribution in [1.29, 1.82) is 0 Å². The maximum atomic E-state index is 13.0. The maximum absolute atomic E-state index is 13.0. The molecule has 162 valence electrons. The molecular weight excluding hydrogens is 419 g/mol. The summed E-state index contributed by atoms with van der Waals surface area (Å²) in [5.74, 6) is 0.842. The van der Waals surface area contributed by atoms with Gasteiger partial charge < -0.3 is 14.8 Å². The Morgan fingerprint density at radius 3 is 2.74 bits per heavy atom. The Morgan fingerprint density at radius 2 is 2.00 bits per heavy atom. The van der Waals surface area contributed by atoms with Crippen LogP contribution in [0.3, 0.4) is 0 Å². The van der Waals surface area contributed by atoms with Gasteiger partial charge in [0.1, 0.15) is 22.3 Å². The summed E-state index contributed by atoms with van der Waals surface area (Å²) < 4.78 is 23.9. The Labute approximate surface area is 183 Å². The summed E-state index contributed by atoms with van der Waals surface area (Å²) in [6.07, 6.45) is 2.08. The molecule has 0 unspecified atom stereocenters. The topological polar surface area (TPSA) is 76.6 Å². The number of carbonyl (C=O) groups is 1. The van der Waals surface area contributed by atoms with Crippen LogP contribution >= 0.6 is 11.3 Å². The van der Waals surface area contributed by atoms with Gasteiger partial charge >= 0.3 is 0 Å². The summed E-state index contributed by atoms with van der Waals surface area (Å²) in [4.78, 5) is 14.8. The van der Waals surface area contributed by atoms with Crippen LogP contribution in [0.25, 0.3) is 0 Å². The number of rotatable bonds is 7. The van der Waals surface area contributed by atoms with Gasteiger partial charge in [-0.05, 0) is 49.7 Å². The quantitative estimate of drug-likeness (QED) is 0.589. The van der Waals surface area contributed by atoms with E-state index in [1.165, 1.54) is 35.6 Å². The van der Waals surface area contributed by atoms with Gasteiger partial charge in [-0.15, -0.1) is 10.2 Å². The van der Waals surface area contributed by atoms with Gasteiger partial charge in [0.2, 0.25) is 5.01 Å². The van der Waals surface area contributed by atoms with Crippen molar-refractivity contribution in [3.8, 4) is 11.5 Å². The van der Waals surface area contributed by atoms with Crippen LogP contribution in [-0.4, -0.2) is 41.8 Å². The summed E-state index contributed by atoms with van der Waals surface area (Å²) in [6.45, 7) is 1.53. The fraction of sp³-hybridized carbons (Fsp3) is 0.318. The summed E-state index contributed by atoms with van der Waals surface area (Å²) >= 11 is 1.26. The van der Waals surface area contributed by atoms with Crippen LogP contribution in [0, 0.1) is 5.82 Å². The number of likely N-dealkylation sites (tertiary alicyclic amines) is 1. The summed E-state index contributed by atoms with van der Waals surface area (Å²) in [6, 6.07) is 11.7. The van der Waals surface area contributed by atoms with Gasteiger partial charge in [-0.1, -0.05) is 17.4 Å². The second-order valence-electron chi connectivity index (χ2n) is 7.20. The molecule has 1 aliphatic rings. The molecule has 7 nitrogen and oxygen atoms in total. The third-order valence-electron chi connectivity index (χ3n) is 5.26. The number of halogens is 1. The van der Waals surface area contributed by atoms with E-state index in [0.29, 0.717) is 12.2 Å². The number of methoxy groups -OCH3 is 2. The third kappa shape index (κ3) is 4.83. The first kappa shape index (κ1) is 21.2. The highest BCUT2D eigenvalue weighted by Crippen LogP contribution is 2.39. The van der Waals surface area contributed by atoms with Gasteiger partial charge in [-0.3, -0.25) is 9.69 Å². The molecule has 1 N–H and O–H groups in total. The van der Waals surface area contributed by atoms with Crippen LogP contribution in [0.5, 0.6) is 11.5 Å². The Morgan fingerprint density at radius 1 is 1.19 bits per heavy atom. The Kier molecular flexibility index (Phi) is 6.43. The predicted octanol–water partition coefficient (Wildman–Crippen LogP) is 4.28. The van der Waals surface area contributed by atoms with Crippen molar-refractivity contribution in [3.63, 3.8) is 0 Å². The molecule has 1 saturated heterocycles. The van der Waals surface area contributed by atoms with Gasteiger partial charge in [0.15, 0.2) is 0 Å². The van der Waals surface area contributed by atoms with E-state index in [-0.39, 0.29) is 22.8 Å². The first-order chi connectivity index (χ1) is 15.1. The van der Waals surface area contributed by atoms with Crippen molar-refractivity contribution in [3.05, 3.63) is 63.9 Å². The lowest BCUT2D eigenvalue weighted by atomic mass is 10.0. The first-order valence-corrected chi connectivity index (χ1v) is 10.7. The van der Waals surface area contributed by atoms with Gasteiger partial charge in [0, 0.05) is 23.4 Å². The van der Waals surface area contributed by atoms with Crippen molar-refractivity contribution < 1.29 is 18.7 Å².